The van der Waals surface area contributed by atoms with Gasteiger partial charge in [-0.1, -0.05) is 46.5 Å². The predicted molar refractivity (Wildman–Crippen MR) is 83.8 cm³/mol. The third-order valence-corrected chi connectivity index (χ3v) is 5.45. The monoisotopic (exact) mass is 294 g/mol. The molecule has 1 saturated carbocycles. The van der Waals surface area contributed by atoms with E-state index in [9.17, 15) is 9.59 Å². The van der Waals surface area contributed by atoms with Gasteiger partial charge in [0.05, 0.1) is 0 Å². The van der Waals surface area contributed by atoms with E-state index in [-0.39, 0.29) is 23.8 Å². The summed E-state index contributed by atoms with van der Waals surface area (Å²) < 4.78 is 0. The highest BCUT2D eigenvalue weighted by molar-refractivity contribution is 5.90. The predicted octanol–water partition coefficient (Wildman–Crippen LogP) is 2.72. The lowest BCUT2D eigenvalue weighted by Gasteiger charge is -2.40. The zero-order valence-corrected chi connectivity index (χ0v) is 13.7. The van der Waals surface area contributed by atoms with E-state index in [1.54, 1.807) is 0 Å². The van der Waals surface area contributed by atoms with Crippen LogP contribution in [0.4, 0.5) is 0 Å². The minimum Gasteiger partial charge on any atom is -0.344 e. The molecule has 0 aromatic rings. The van der Waals surface area contributed by atoms with Gasteiger partial charge >= 0.3 is 0 Å². The van der Waals surface area contributed by atoms with E-state index in [1.165, 1.54) is 19.3 Å². The Bertz CT molecular complexity index is 383. The van der Waals surface area contributed by atoms with E-state index in [1.807, 2.05) is 4.90 Å². The molecule has 2 aliphatic rings. The molecule has 1 N–H and O–H groups in total. The molecule has 1 aliphatic heterocycles. The standard InChI is InChI=1S/C17H30N2O2/c1-4-12(3)16-17(21)19(11-10-15(20)18-16)14-9-7-6-8-13(14)5-2/h12-14,16H,4-11H2,1-3H3,(H,18,20). The van der Waals surface area contributed by atoms with E-state index >= 15 is 0 Å². The number of hydrogen-bond acceptors (Lipinski definition) is 2. The van der Waals surface area contributed by atoms with Crippen LogP contribution in [0.3, 0.4) is 0 Å². The molecule has 0 aromatic heterocycles. The Labute approximate surface area is 128 Å². The van der Waals surface area contributed by atoms with Crippen LogP contribution < -0.4 is 5.32 Å². The topological polar surface area (TPSA) is 49.4 Å². The van der Waals surface area contributed by atoms with Gasteiger partial charge in [-0.2, -0.15) is 0 Å². The molecule has 0 radical (unpaired) electrons. The van der Waals surface area contributed by atoms with Crippen molar-refractivity contribution in [2.75, 3.05) is 6.54 Å². The van der Waals surface area contributed by atoms with Gasteiger partial charge in [0, 0.05) is 19.0 Å². The second-order valence-corrected chi connectivity index (χ2v) is 6.73. The summed E-state index contributed by atoms with van der Waals surface area (Å²) in [5, 5.41) is 2.95. The van der Waals surface area contributed by atoms with E-state index in [4.69, 9.17) is 0 Å². The van der Waals surface area contributed by atoms with Crippen LogP contribution in [0.1, 0.15) is 65.7 Å². The van der Waals surface area contributed by atoms with E-state index in [0.717, 1.165) is 19.3 Å². The number of rotatable bonds is 4. The molecule has 4 unspecified atom stereocenters. The maximum atomic E-state index is 13.0. The van der Waals surface area contributed by atoms with E-state index in [2.05, 4.69) is 26.1 Å². The molecule has 2 amide bonds. The summed E-state index contributed by atoms with van der Waals surface area (Å²) in [4.78, 5) is 27.0. The minimum atomic E-state index is -0.329. The van der Waals surface area contributed by atoms with Gasteiger partial charge in [-0.05, 0) is 24.7 Å². The van der Waals surface area contributed by atoms with Gasteiger partial charge in [-0.3, -0.25) is 9.59 Å². The normalized spacial score (nSPS) is 32.5. The van der Waals surface area contributed by atoms with Crippen molar-refractivity contribution in [1.29, 1.82) is 0 Å². The van der Waals surface area contributed by atoms with Crippen molar-refractivity contribution >= 4 is 11.8 Å². The molecular formula is C17H30N2O2. The lowest BCUT2D eigenvalue weighted by atomic mass is 9.81. The first-order valence-electron chi connectivity index (χ1n) is 8.68. The molecule has 0 aromatic carbocycles. The van der Waals surface area contributed by atoms with Gasteiger partial charge in [-0.15, -0.1) is 0 Å². The van der Waals surface area contributed by atoms with E-state index < -0.39 is 0 Å². The average Bonchev–Trinajstić information content (AvgIpc) is 2.66. The summed E-state index contributed by atoms with van der Waals surface area (Å²) in [5.41, 5.74) is 0. The molecule has 21 heavy (non-hydrogen) atoms. The Morgan fingerprint density at radius 2 is 1.95 bits per heavy atom. The molecule has 2 rings (SSSR count). The molecule has 1 heterocycles. The summed E-state index contributed by atoms with van der Waals surface area (Å²) in [7, 11) is 0. The fraction of sp³-hybridized carbons (Fsp3) is 0.882. The number of carbonyl (C=O) groups is 2. The summed E-state index contributed by atoms with van der Waals surface area (Å²) in [6.45, 7) is 6.96. The van der Waals surface area contributed by atoms with Crippen molar-refractivity contribution in [3.8, 4) is 0 Å². The second-order valence-electron chi connectivity index (χ2n) is 6.73. The SMILES string of the molecule is CCC(C)C1NC(=O)CCN(C2CCCCC2CC)C1=O. The number of nitrogens with zero attached hydrogens (tertiary/aromatic N) is 1. The van der Waals surface area contributed by atoms with Gasteiger partial charge < -0.3 is 10.2 Å². The average molecular weight is 294 g/mol. The molecular weight excluding hydrogens is 264 g/mol. The second kappa shape index (κ2) is 7.28. The van der Waals surface area contributed by atoms with Gasteiger partial charge in [-0.25, -0.2) is 0 Å². The summed E-state index contributed by atoms with van der Waals surface area (Å²) >= 11 is 0. The molecule has 0 bridgehead atoms. The highest BCUT2D eigenvalue weighted by Gasteiger charge is 2.38. The molecule has 1 aliphatic carbocycles. The highest BCUT2D eigenvalue weighted by Crippen LogP contribution is 2.32. The summed E-state index contributed by atoms with van der Waals surface area (Å²) in [5.74, 6) is 0.986. The van der Waals surface area contributed by atoms with Crippen LogP contribution in [0.5, 0.6) is 0 Å². The number of amides is 2. The Morgan fingerprint density at radius 3 is 2.62 bits per heavy atom. The maximum Gasteiger partial charge on any atom is 0.245 e. The Balaban J connectivity index is 2.20. The fourth-order valence-corrected chi connectivity index (χ4v) is 3.84. The highest BCUT2D eigenvalue weighted by atomic mass is 16.2. The van der Waals surface area contributed by atoms with Gasteiger partial charge in [0.2, 0.25) is 11.8 Å². The van der Waals surface area contributed by atoms with Crippen molar-refractivity contribution in [1.82, 2.24) is 10.2 Å². The van der Waals surface area contributed by atoms with Crippen LogP contribution in [-0.4, -0.2) is 35.3 Å². The molecule has 4 heteroatoms. The van der Waals surface area contributed by atoms with Crippen LogP contribution >= 0.6 is 0 Å². The van der Waals surface area contributed by atoms with Gasteiger partial charge in [0.15, 0.2) is 0 Å². The largest absolute Gasteiger partial charge is 0.344 e. The molecule has 120 valence electrons. The quantitative estimate of drug-likeness (QED) is 0.866. The van der Waals surface area contributed by atoms with Crippen LogP contribution in [0.25, 0.3) is 0 Å². The fourth-order valence-electron chi connectivity index (χ4n) is 3.84. The molecule has 4 nitrogen and oxygen atoms in total. The zero-order chi connectivity index (χ0) is 15.4. The van der Waals surface area contributed by atoms with Crippen molar-refractivity contribution in [2.45, 2.75) is 77.8 Å². The Morgan fingerprint density at radius 1 is 1.24 bits per heavy atom. The molecule has 1 saturated heterocycles. The number of nitrogens with one attached hydrogen (secondary N) is 1. The Kier molecular flexibility index (Phi) is 5.65. The smallest absolute Gasteiger partial charge is 0.245 e. The Hall–Kier alpha value is -1.06. The lowest BCUT2D eigenvalue weighted by molar-refractivity contribution is -0.138. The van der Waals surface area contributed by atoms with Crippen LogP contribution in [0.15, 0.2) is 0 Å². The van der Waals surface area contributed by atoms with Crippen molar-refractivity contribution in [3.05, 3.63) is 0 Å². The molecule has 0 spiro atoms. The first-order valence-corrected chi connectivity index (χ1v) is 8.68. The lowest BCUT2D eigenvalue weighted by Crippen LogP contribution is -2.53. The van der Waals surface area contributed by atoms with Gasteiger partial charge in [0.1, 0.15) is 6.04 Å². The maximum absolute atomic E-state index is 13.0. The first kappa shape index (κ1) is 16.3. The van der Waals surface area contributed by atoms with Crippen LogP contribution in [0.2, 0.25) is 0 Å². The third kappa shape index (κ3) is 3.58. The van der Waals surface area contributed by atoms with Crippen LogP contribution in [-0.2, 0) is 9.59 Å². The van der Waals surface area contributed by atoms with Gasteiger partial charge in [0.25, 0.3) is 0 Å². The van der Waals surface area contributed by atoms with E-state index in [0.29, 0.717) is 24.9 Å². The minimum absolute atomic E-state index is 0.0278. The summed E-state index contributed by atoms with van der Waals surface area (Å²) in [6.07, 6.45) is 7.30. The van der Waals surface area contributed by atoms with Crippen molar-refractivity contribution < 1.29 is 9.59 Å². The third-order valence-electron chi connectivity index (χ3n) is 5.45. The molecule has 4 atom stereocenters. The zero-order valence-electron chi connectivity index (χ0n) is 13.7. The van der Waals surface area contributed by atoms with Crippen LogP contribution in [0, 0.1) is 11.8 Å². The van der Waals surface area contributed by atoms with Crippen molar-refractivity contribution in [2.24, 2.45) is 11.8 Å². The number of carbonyl (C=O) groups excluding carboxylic acids is 2. The first-order chi connectivity index (χ1) is 10.1. The summed E-state index contributed by atoms with van der Waals surface area (Å²) in [6, 6.07) is 0.0138. The number of hydrogen-bond donors (Lipinski definition) is 1. The molecule has 2 fully saturated rings. The van der Waals surface area contributed by atoms with Crippen molar-refractivity contribution in [3.63, 3.8) is 0 Å².